The van der Waals surface area contributed by atoms with Gasteiger partial charge < -0.3 is 9.88 Å². The number of hydrogen-bond acceptors (Lipinski definition) is 5. The van der Waals surface area contributed by atoms with Crippen LogP contribution in [0.4, 0.5) is 0 Å². The Morgan fingerprint density at radius 3 is 2.89 bits per heavy atom. The minimum atomic E-state index is -0.353. The molecule has 1 aromatic carbocycles. The van der Waals surface area contributed by atoms with Crippen LogP contribution in [0.25, 0.3) is 33.8 Å². The summed E-state index contributed by atoms with van der Waals surface area (Å²) in [7, 11) is 0. The van der Waals surface area contributed by atoms with Crippen molar-refractivity contribution in [2.24, 2.45) is 5.92 Å². The zero-order chi connectivity index (χ0) is 18.2. The average Bonchev–Trinajstić information content (AvgIpc) is 3.09. The van der Waals surface area contributed by atoms with Crippen LogP contribution < -0.4 is 11.0 Å². The normalized spacial score (nSPS) is 15.6. The molecule has 0 amide bonds. The van der Waals surface area contributed by atoms with Gasteiger partial charge in [0.05, 0.1) is 17.4 Å². The van der Waals surface area contributed by atoms with Gasteiger partial charge >= 0.3 is 5.69 Å². The molecule has 3 aliphatic heterocycles. The first-order valence-electron chi connectivity index (χ1n) is 9.30. The molecule has 0 atom stereocenters. The lowest BCUT2D eigenvalue weighted by Crippen LogP contribution is -2.30. The number of nitrogens with one attached hydrogen (secondary N) is 2. The van der Waals surface area contributed by atoms with E-state index in [1.165, 1.54) is 0 Å². The van der Waals surface area contributed by atoms with Gasteiger partial charge in [0.1, 0.15) is 0 Å². The van der Waals surface area contributed by atoms with Gasteiger partial charge in [0.15, 0.2) is 11.6 Å². The molecule has 0 unspecified atom stereocenters. The maximum Gasteiger partial charge on any atom is 0.348 e. The van der Waals surface area contributed by atoms with Gasteiger partial charge in [0, 0.05) is 23.7 Å². The maximum absolute atomic E-state index is 11.9. The van der Waals surface area contributed by atoms with E-state index in [2.05, 4.69) is 42.0 Å². The van der Waals surface area contributed by atoms with Crippen LogP contribution in [0.1, 0.15) is 12.8 Å². The van der Waals surface area contributed by atoms with E-state index in [1.807, 2.05) is 24.4 Å². The molecule has 7 heteroatoms. The summed E-state index contributed by atoms with van der Waals surface area (Å²) in [5.41, 5.74) is 2.61. The Bertz CT molecular complexity index is 1120. The molecule has 0 saturated carbocycles. The van der Waals surface area contributed by atoms with Crippen molar-refractivity contribution in [1.29, 1.82) is 0 Å². The Morgan fingerprint density at radius 2 is 2.00 bits per heavy atom. The summed E-state index contributed by atoms with van der Waals surface area (Å²) in [5, 5.41) is 4.48. The number of aromatic nitrogens is 5. The van der Waals surface area contributed by atoms with Gasteiger partial charge in [-0.05, 0) is 44.0 Å². The van der Waals surface area contributed by atoms with Crippen molar-refractivity contribution in [1.82, 2.24) is 29.8 Å². The molecule has 7 nitrogen and oxygen atoms in total. The van der Waals surface area contributed by atoms with Crippen molar-refractivity contribution in [2.45, 2.75) is 19.4 Å². The fourth-order valence-electron chi connectivity index (χ4n) is 3.97. The van der Waals surface area contributed by atoms with Crippen molar-refractivity contribution in [3.8, 4) is 22.9 Å². The van der Waals surface area contributed by atoms with E-state index in [0.29, 0.717) is 17.6 Å². The van der Waals surface area contributed by atoms with Crippen molar-refractivity contribution in [3.05, 3.63) is 53.2 Å². The highest BCUT2D eigenvalue weighted by Crippen LogP contribution is 2.31. The predicted molar refractivity (Wildman–Crippen MR) is 104 cm³/mol. The Morgan fingerprint density at radius 1 is 1.11 bits per heavy atom. The lowest BCUT2D eigenvalue weighted by atomic mass is 9.97. The third-order valence-corrected chi connectivity index (χ3v) is 5.33. The first-order chi connectivity index (χ1) is 13.3. The standard InChI is InChI=1S/C20H20N6O/c27-20-24-18-19(25-20)26(12-13-6-9-21-10-7-13)17(11-23-18)15-3-1-5-16-14(15)4-2-8-22-16/h1-5,8,11,13,21H,6-7,9-10,12H2,(H,23,24,27). The first kappa shape index (κ1) is 16.1. The van der Waals surface area contributed by atoms with E-state index in [1.54, 1.807) is 6.20 Å². The third-order valence-electron chi connectivity index (χ3n) is 5.33. The highest BCUT2D eigenvalue weighted by atomic mass is 16.1. The summed E-state index contributed by atoms with van der Waals surface area (Å²) in [6.07, 6.45) is 5.86. The highest BCUT2D eigenvalue weighted by molar-refractivity contribution is 5.93. The Hall–Kier alpha value is -3.06. The molecule has 5 rings (SSSR count). The number of hydrogen-bond donors (Lipinski definition) is 2. The van der Waals surface area contributed by atoms with E-state index < -0.39 is 0 Å². The molecule has 27 heavy (non-hydrogen) atoms. The molecule has 0 aliphatic carbocycles. The highest BCUT2D eigenvalue weighted by Gasteiger charge is 2.22. The second-order valence-electron chi connectivity index (χ2n) is 7.04. The summed E-state index contributed by atoms with van der Waals surface area (Å²) >= 11 is 0. The van der Waals surface area contributed by atoms with Crippen molar-refractivity contribution in [3.63, 3.8) is 0 Å². The van der Waals surface area contributed by atoms with Crippen molar-refractivity contribution < 1.29 is 0 Å². The summed E-state index contributed by atoms with van der Waals surface area (Å²) in [4.78, 5) is 27.7. The molecule has 1 fully saturated rings. The quantitative estimate of drug-likeness (QED) is 0.585. The Labute approximate surface area is 155 Å². The first-order valence-corrected chi connectivity index (χ1v) is 9.30. The molecule has 136 valence electrons. The van der Waals surface area contributed by atoms with Gasteiger partial charge in [-0.3, -0.25) is 9.97 Å². The third kappa shape index (κ3) is 2.90. The minimum Gasteiger partial charge on any atom is -0.321 e. The lowest BCUT2D eigenvalue weighted by Gasteiger charge is -2.26. The number of aromatic amines is 1. The van der Waals surface area contributed by atoms with E-state index in [4.69, 9.17) is 0 Å². The minimum absolute atomic E-state index is 0.353. The number of H-pyrrole nitrogens is 1. The van der Waals surface area contributed by atoms with Gasteiger partial charge in [-0.2, -0.15) is 4.98 Å². The largest absolute Gasteiger partial charge is 0.348 e. The topological polar surface area (TPSA) is 88.5 Å². The molecule has 2 aromatic rings. The molecule has 0 radical (unpaired) electrons. The number of fused-ring (bicyclic) bond motifs is 2. The Kier molecular flexibility index (Phi) is 3.94. The van der Waals surface area contributed by atoms with E-state index in [9.17, 15) is 4.79 Å². The summed E-state index contributed by atoms with van der Waals surface area (Å²) in [5.74, 6) is 1.70. The van der Waals surface area contributed by atoms with Gasteiger partial charge in [-0.1, -0.05) is 18.2 Å². The smallest absolute Gasteiger partial charge is 0.321 e. The van der Waals surface area contributed by atoms with Crippen LogP contribution >= 0.6 is 0 Å². The molecule has 4 heterocycles. The summed E-state index contributed by atoms with van der Waals surface area (Å²) in [6.45, 7) is 2.87. The Balaban J connectivity index is 1.72. The fraction of sp³-hybridized carbons (Fsp3) is 0.300. The van der Waals surface area contributed by atoms with Crippen molar-refractivity contribution >= 4 is 10.9 Å². The number of piperidine rings is 1. The van der Waals surface area contributed by atoms with Gasteiger partial charge in [-0.15, -0.1) is 0 Å². The zero-order valence-electron chi connectivity index (χ0n) is 14.9. The zero-order valence-corrected chi connectivity index (χ0v) is 14.9. The van der Waals surface area contributed by atoms with Gasteiger partial charge in [0.25, 0.3) is 0 Å². The monoisotopic (exact) mass is 360 g/mol. The van der Waals surface area contributed by atoms with Crippen LogP contribution in [-0.2, 0) is 6.54 Å². The molecule has 1 aromatic heterocycles. The van der Waals surface area contributed by atoms with Gasteiger partial charge in [0.2, 0.25) is 0 Å². The number of nitrogens with zero attached hydrogens (tertiary/aromatic N) is 4. The number of pyridine rings is 1. The van der Waals surface area contributed by atoms with Crippen molar-refractivity contribution in [2.75, 3.05) is 13.1 Å². The van der Waals surface area contributed by atoms with E-state index in [0.717, 1.165) is 54.6 Å². The summed E-state index contributed by atoms with van der Waals surface area (Å²) < 4.78 is 2.15. The number of imidazole rings is 1. The molecule has 0 bridgehead atoms. The second-order valence-corrected chi connectivity index (χ2v) is 7.04. The SMILES string of the molecule is O=c1nc2n(CC3CCNCC3)c(-c3cccc4ncccc34)cnc-2[nH]1. The van der Waals surface area contributed by atoms with E-state index in [-0.39, 0.29) is 5.69 Å². The number of benzene rings is 1. The van der Waals surface area contributed by atoms with Crippen LogP contribution in [0, 0.1) is 5.92 Å². The van der Waals surface area contributed by atoms with E-state index >= 15 is 0 Å². The fourth-order valence-corrected chi connectivity index (χ4v) is 3.97. The molecule has 0 spiro atoms. The van der Waals surface area contributed by atoms with Crippen LogP contribution in [0.3, 0.4) is 0 Å². The lowest BCUT2D eigenvalue weighted by molar-refractivity contribution is 0.334. The average molecular weight is 360 g/mol. The number of rotatable bonds is 3. The van der Waals surface area contributed by atoms with Crippen LogP contribution in [0.15, 0.2) is 47.5 Å². The molecule has 1 saturated heterocycles. The van der Waals surface area contributed by atoms with Gasteiger partial charge in [-0.25, -0.2) is 9.78 Å². The summed E-state index contributed by atoms with van der Waals surface area (Å²) in [6, 6.07) is 10.1. The predicted octanol–water partition coefficient (Wildman–Crippen LogP) is 2.29. The molecular weight excluding hydrogens is 340 g/mol. The van der Waals surface area contributed by atoms with Crippen LogP contribution in [-0.4, -0.2) is 37.6 Å². The molecule has 2 N–H and O–H groups in total. The maximum atomic E-state index is 11.9. The van der Waals surface area contributed by atoms with Crippen LogP contribution in [0.5, 0.6) is 0 Å². The second kappa shape index (κ2) is 6.59. The molecule has 3 aliphatic rings. The molecular formula is C20H20N6O. The van der Waals surface area contributed by atoms with Crippen LogP contribution in [0.2, 0.25) is 0 Å².